The van der Waals surface area contributed by atoms with Gasteiger partial charge in [-0.1, -0.05) is 0 Å². The van der Waals surface area contributed by atoms with Crippen LogP contribution in [0.3, 0.4) is 0 Å². The minimum absolute atomic E-state index is 0.0657. The highest BCUT2D eigenvalue weighted by molar-refractivity contribution is 5.87. The first-order valence-corrected chi connectivity index (χ1v) is 15.1. The minimum atomic E-state index is 0.0657. The zero-order chi connectivity index (χ0) is 30.3. The van der Waals surface area contributed by atoms with Crippen LogP contribution in [0.1, 0.15) is 39.5 Å². The van der Waals surface area contributed by atoms with Gasteiger partial charge in [-0.3, -0.25) is 0 Å². The van der Waals surface area contributed by atoms with Gasteiger partial charge in [0.05, 0.1) is 16.9 Å². The molecule has 4 aromatic rings. The molecule has 2 fully saturated rings. The number of nitrogen functional groups attached to an aromatic ring is 1. The number of fused-ring (bicyclic) bond motifs is 2. The normalized spacial score (nSPS) is 17.1. The lowest BCUT2D eigenvalue weighted by molar-refractivity contribution is 0.233. The van der Waals surface area contributed by atoms with Crippen LogP contribution in [0.5, 0.6) is 5.88 Å². The van der Waals surface area contributed by atoms with E-state index in [4.69, 9.17) is 10.5 Å². The molecule has 0 aromatic carbocycles. The fourth-order valence-electron chi connectivity index (χ4n) is 5.28. The summed E-state index contributed by atoms with van der Waals surface area (Å²) in [4.78, 5) is 31.4. The molecule has 6 heterocycles. The maximum atomic E-state index is 6.06. The van der Waals surface area contributed by atoms with Crippen molar-refractivity contribution in [2.45, 2.75) is 57.7 Å². The number of hydrogen-bond acceptors (Lipinski definition) is 13. The summed E-state index contributed by atoms with van der Waals surface area (Å²) >= 11 is 0. The SMILES string of the molecule is CC(C)Oc1ccc2c(N)nc(NC3CCN(C)CC3)nc2n1.CNc1nc(NC2CCN(C)CC2)nc2ncccc12. The van der Waals surface area contributed by atoms with E-state index in [1.165, 1.54) is 0 Å². The van der Waals surface area contributed by atoms with Crippen LogP contribution in [0.4, 0.5) is 23.5 Å². The van der Waals surface area contributed by atoms with Crippen molar-refractivity contribution < 1.29 is 4.74 Å². The molecule has 5 N–H and O–H groups in total. The van der Waals surface area contributed by atoms with E-state index in [9.17, 15) is 0 Å². The van der Waals surface area contributed by atoms with Crippen LogP contribution < -0.4 is 26.4 Å². The van der Waals surface area contributed by atoms with Gasteiger partial charge in [0.15, 0.2) is 11.3 Å². The summed E-state index contributed by atoms with van der Waals surface area (Å²) in [5, 5.41) is 11.6. The molecule has 2 aliphatic rings. The predicted octanol–water partition coefficient (Wildman–Crippen LogP) is 3.47. The van der Waals surface area contributed by atoms with E-state index in [2.05, 4.69) is 69.7 Å². The molecule has 0 amide bonds. The highest BCUT2D eigenvalue weighted by Gasteiger charge is 2.19. The lowest BCUT2D eigenvalue weighted by Gasteiger charge is -2.29. The fraction of sp³-hybridized carbons (Fsp3) is 0.533. The summed E-state index contributed by atoms with van der Waals surface area (Å²) in [7, 11) is 6.17. The number of hydrogen-bond donors (Lipinski definition) is 4. The monoisotopic (exact) mass is 588 g/mol. The van der Waals surface area contributed by atoms with Crippen LogP contribution in [0.15, 0.2) is 30.5 Å². The van der Waals surface area contributed by atoms with Crippen molar-refractivity contribution in [3.63, 3.8) is 0 Å². The van der Waals surface area contributed by atoms with E-state index in [-0.39, 0.29) is 6.10 Å². The van der Waals surface area contributed by atoms with Crippen molar-refractivity contribution in [1.82, 2.24) is 39.7 Å². The van der Waals surface area contributed by atoms with E-state index < -0.39 is 0 Å². The average molecular weight is 589 g/mol. The Hall–Kier alpha value is -4.10. The number of ether oxygens (including phenoxy) is 1. The van der Waals surface area contributed by atoms with Gasteiger partial charge in [0.2, 0.25) is 17.8 Å². The first-order chi connectivity index (χ1) is 20.8. The molecular formula is C30H44N12O. The Kier molecular flexibility index (Phi) is 9.82. The van der Waals surface area contributed by atoms with E-state index in [0.717, 1.165) is 74.1 Å². The Morgan fingerprint density at radius 1 is 0.791 bits per heavy atom. The summed E-state index contributed by atoms with van der Waals surface area (Å²) in [6.07, 6.45) is 6.21. The van der Waals surface area contributed by atoms with Crippen LogP contribution in [0.2, 0.25) is 0 Å². The van der Waals surface area contributed by atoms with Crippen LogP contribution in [-0.2, 0) is 0 Å². The summed E-state index contributed by atoms with van der Waals surface area (Å²) in [6, 6.07) is 8.35. The van der Waals surface area contributed by atoms with Crippen molar-refractivity contribution in [2.75, 3.05) is 69.0 Å². The zero-order valence-corrected chi connectivity index (χ0v) is 25.8. The lowest BCUT2D eigenvalue weighted by atomic mass is 10.1. The molecule has 230 valence electrons. The highest BCUT2D eigenvalue weighted by atomic mass is 16.5. The number of rotatable bonds is 7. The third-order valence-electron chi connectivity index (χ3n) is 7.73. The number of nitrogens with one attached hydrogen (secondary N) is 3. The van der Waals surface area contributed by atoms with Gasteiger partial charge in [-0.05, 0) is 98.0 Å². The molecule has 0 bridgehead atoms. The van der Waals surface area contributed by atoms with Crippen LogP contribution in [0.25, 0.3) is 22.1 Å². The Morgan fingerprint density at radius 3 is 2.00 bits per heavy atom. The summed E-state index contributed by atoms with van der Waals surface area (Å²) < 4.78 is 5.63. The molecule has 2 aliphatic heterocycles. The van der Waals surface area contributed by atoms with Gasteiger partial charge in [0.1, 0.15) is 11.6 Å². The molecule has 13 heteroatoms. The molecule has 0 saturated carbocycles. The van der Waals surface area contributed by atoms with E-state index in [0.29, 0.717) is 41.3 Å². The van der Waals surface area contributed by atoms with Gasteiger partial charge in [-0.15, -0.1) is 0 Å². The van der Waals surface area contributed by atoms with Crippen molar-refractivity contribution >= 4 is 45.6 Å². The smallest absolute Gasteiger partial charge is 0.226 e. The summed E-state index contributed by atoms with van der Waals surface area (Å²) in [5.41, 5.74) is 7.34. The van der Waals surface area contributed by atoms with Gasteiger partial charge in [0, 0.05) is 31.4 Å². The van der Waals surface area contributed by atoms with Crippen molar-refractivity contribution in [3.8, 4) is 5.88 Å². The van der Waals surface area contributed by atoms with E-state index in [1.807, 2.05) is 39.1 Å². The predicted molar refractivity (Wildman–Crippen MR) is 173 cm³/mol. The lowest BCUT2D eigenvalue weighted by Crippen LogP contribution is -2.37. The van der Waals surface area contributed by atoms with Crippen LogP contribution >= 0.6 is 0 Å². The van der Waals surface area contributed by atoms with Gasteiger partial charge in [-0.2, -0.15) is 24.9 Å². The topological polar surface area (TPSA) is 155 Å². The molecule has 0 spiro atoms. The summed E-state index contributed by atoms with van der Waals surface area (Å²) in [5.74, 6) is 3.01. The van der Waals surface area contributed by atoms with Gasteiger partial charge < -0.3 is 36.2 Å². The Balaban J connectivity index is 0.000000173. The van der Waals surface area contributed by atoms with E-state index in [1.54, 1.807) is 12.3 Å². The number of aromatic nitrogens is 6. The number of likely N-dealkylation sites (tertiary alicyclic amines) is 2. The first-order valence-electron chi connectivity index (χ1n) is 15.1. The van der Waals surface area contributed by atoms with Gasteiger partial charge in [-0.25, -0.2) is 4.98 Å². The second-order valence-corrected chi connectivity index (χ2v) is 11.6. The number of nitrogens with two attached hydrogens (primary N) is 1. The molecule has 0 unspecified atom stereocenters. The van der Waals surface area contributed by atoms with Crippen LogP contribution in [0, 0.1) is 0 Å². The number of piperidine rings is 2. The van der Waals surface area contributed by atoms with Gasteiger partial charge >= 0.3 is 0 Å². The van der Waals surface area contributed by atoms with E-state index >= 15 is 0 Å². The zero-order valence-electron chi connectivity index (χ0n) is 25.8. The Labute approximate surface area is 253 Å². The maximum absolute atomic E-state index is 6.06. The van der Waals surface area contributed by atoms with Crippen molar-refractivity contribution in [3.05, 3.63) is 30.5 Å². The molecule has 43 heavy (non-hydrogen) atoms. The maximum Gasteiger partial charge on any atom is 0.226 e. The molecule has 6 rings (SSSR count). The molecule has 4 aromatic heterocycles. The number of nitrogens with zero attached hydrogens (tertiary/aromatic N) is 8. The van der Waals surface area contributed by atoms with Crippen molar-refractivity contribution in [2.24, 2.45) is 0 Å². The molecule has 13 nitrogen and oxygen atoms in total. The standard InChI is InChI=1S/C16H24N6O.C14H20N6/c1-10(2)23-13-5-4-12-14(17)20-16(21-15(12)19-13)18-11-6-8-22(3)9-7-11;1-15-12-11-4-3-7-16-13(11)19-14(18-12)17-10-5-8-20(2)9-6-10/h4-5,10-11H,6-9H2,1-3H3,(H3,17,18,19,20,21);3-4,7,10H,5-6,8-9H2,1-2H3,(H2,15,16,17,18,19). The minimum Gasteiger partial charge on any atom is -0.475 e. The number of pyridine rings is 2. The molecule has 0 aliphatic carbocycles. The fourth-order valence-corrected chi connectivity index (χ4v) is 5.28. The van der Waals surface area contributed by atoms with Gasteiger partial charge in [0.25, 0.3) is 0 Å². The second-order valence-electron chi connectivity index (χ2n) is 11.6. The van der Waals surface area contributed by atoms with Crippen molar-refractivity contribution in [1.29, 1.82) is 0 Å². The quantitative estimate of drug-likeness (QED) is 0.249. The average Bonchev–Trinajstić information content (AvgIpc) is 2.99. The highest BCUT2D eigenvalue weighted by Crippen LogP contribution is 2.23. The summed E-state index contributed by atoms with van der Waals surface area (Å²) in [6.45, 7) is 8.31. The molecule has 2 saturated heterocycles. The molecule has 0 atom stereocenters. The number of anilines is 4. The Morgan fingerprint density at radius 2 is 1.40 bits per heavy atom. The van der Waals surface area contributed by atoms with Crippen LogP contribution in [-0.4, -0.2) is 105 Å². The second kappa shape index (κ2) is 13.9. The third-order valence-corrected chi connectivity index (χ3v) is 7.73. The molecule has 0 radical (unpaired) electrons. The largest absolute Gasteiger partial charge is 0.475 e. The Bertz CT molecular complexity index is 1500. The first kappa shape index (κ1) is 30.4. The third kappa shape index (κ3) is 8.05. The molecular weight excluding hydrogens is 544 g/mol.